The average Bonchev–Trinajstić information content (AvgIpc) is 1.82. The van der Waals surface area contributed by atoms with E-state index >= 15 is 0 Å². The predicted molar refractivity (Wildman–Crippen MR) is 42.5 cm³/mol. The van der Waals surface area contributed by atoms with Crippen LogP contribution in [-0.2, 0) is 4.74 Å². The van der Waals surface area contributed by atoms with Crippen molar-refractivity contribution in [1.82, 2.24) is 0 Å². The predicted octanol–water partition coefficient (Wildman–Crippen LogP) is 0.435. The van der Waals surface area contributed by atoms with E-state index in [4.69, 9.17) is 16.2 Å². The highest BCUT2D eigenvalue weighted by Gasteiger charge is 2.02. The van der Waals surface area contributed by atoms with Crippen molar-refractivity contribution < 1.29 is 4.74 Å². The van der Waals surface area contributed by atoms with Gasteiger partial charge in [0.2, 0.25) is 0 Å². The zero-order valence-electron chi connectivity index (χ0n) is 6.84. The van der Waals surface area contributed by atoms with Gasteiger partial charge in [-0.25, -0.2) is 0 Å². The molecule has 1 atom stereocenters. The van der Waals surface area contributed by atoms with Gasteiger partial charge in [0, 0.05) is 0 Å². The van der Waals surface area contributed by atoms with Crippen LogP contribution in [0.3, 0.4) is 0 Å². The van der Waals surface area contributed by atoms with Crippen molar-refractivity contribution in [3.8, 4) is 0 Å². The molecule has 0 spiro atoms. The summed E-state index contributed by atoms with van der Waals surface area (Å²) in [5, 5.41) is 0. The Kier molecular flexibility index (Phi) is 5.58. The van der Waals surface area contributed by atoms with E-state index < -0.39 is 0 Å². The Balaban J connectivity index is 3.16. The van der Waals surface area contributed by atoms with E-state index in [1.54, 1.807) is 0 Å². The monoisotopic (exact) mass is 146 g/mol. The highest BCUT2D eigenvalue weighted by molar-refractivity contribution is 4.50. The Morgan fingerprint density at radius 3 is 2.40 bits per heavy atom. The van der Waals surface area contributed by atoms with Crippen molar-refractivity contribution in [1.29, 1.82) is 0 Å². The van der Waals surface area contributed by atoms with Crippen molar-refractivity contribution in [3.05, 3.63) is 0 Å². The molecular formula is C7H18N2O. The van der Waals surface area contributed by atoms with Gasteiger partial charge in [0.1, 0.15) is 6.23 Å². The molecule has 0 aliphatic rings. The van der Waals surface area contributed by atoms with E-state index in [1.165, 1.54) is 0 Å². The minimum absolute atomic E-state index is 0.136. The van der Waals surface area contributed by atoms with Gasteiger partial charge in [0.15, 0.2) is 0 Å². The minimum atomic E-state index is -0.136. The molecule has 3 nitrogen and oxygen atoms in total. The first-order chi connectivity index (χ1) is 4.66. The van der Waals surface area contributed by atoms with Crippen molar-refractivity contribution in [2.45, 2.75) is 39.0 Å². The Morgan fingerprint density at radius 2 is 2.00 bits per heavy atom. The Morgan fingerprint density at radius 1 is 1.40 bits per heavy atom. The molecule has 62 valence electrons. The fraction of sp³-hybridized carbons (Fsp3) is 1.00. The largest absolute Gasteiger partial charge is 0.361 e. The summed E-state index contributed by atoms with van der Waals surface area (Å²) in [6.45, 7) is 4.64. The van der Waals surface area contributed by atoms with Crippen LogP contribution >= 0.6 is 0 Å². The van der Waals surface area contributed by atoms with Crippen LogP contribution in [0.5, 0.6) is 0 Å². The van der Waals surface area contributed by atoms with Crippen LogP contribution in [0.4, 0.5) is 0 Å². The van der Waals surface area contributed by atoms with Crippen LogP contribution in [0, 0.1) is 0 Å². The van der Waals surface area contributed by atoms with Gasteiger partial charge in [0.05, 0.1) is 6.10 Å². The number of ether oxygens (including phenoxy) is 1. The maximum atomic E-state index is 5.58. The third-order valence-electron chi connectivity index (χ3n) is 1.14. The molecule has 10 heavy (non-hydrogen) atoms. The van der Waals surface area contributed by atoms with E-state index in [9.17, 15) is 0 Å². The lowest BCUT2D eigenvalue weighted by Crippen LogP contribution is -2.27. The summed E-state index contributed by atoms with van der Waals surface area (Å²) in [4.78, 5) is 0. The molecule has 0 aliphatic heterocycles. The lowest BCUT2D eigenvalue weighted by molar-refractivity contribution is 0.00654. The molecule has 1 unspecified atom stereocenters. The normalized spacial score (nSPS) is 14.1. The topological polar surface area (TPSA) is 61.3 Å². The number of hydrogen-bond acceptors (Lipinski definition) is 3. The number of rotatable bonds is 5. The van der Waals surface area contributed by atoms with E-state index in [2.05, 4.69) is 0 Å². The summed E-state index contributed by atoms with van der Waals surface area (Å²) < 4.78 is 5.27. The molecule has 0 amide bonds. The van der Waals surface area contributed by atoms with Gasteiger partial charge in [-0.05, 0) is 33.2 Å². The summed E-state index contributed by atoms with van der Waals surface area (Å²) >= 11 is 0. The fourth-order valence-corrected chi connectivity index (χ4v) is 0.737. The summed E-state index contributed by atoms with van der Waals surface area (Å²) in [5.41, 5.74) is 10.9. The van der Waals surface area contributed by atoms with Crippen LogP contribution < -0.4 is 11.5 Å². The van der Waals surface area contributed by atoms with Gasteiger partial charge in [-0.2, -0.15) is 0 Å². The first-order valence-electron chi connectivity index (χ1n) is 3.78. The zero-order valence-corrected chi connectivity index (χ0v) is 6.84. The maximum Gasteiger partial charge on any atom is 0.106 e. The minimum Gasteiger partial charge on any atom is -0.361 e. The quantitative estimate of drug-likeness (QED) is 0.553. The summed E-state index contributed by atoms with van der Waals surface area (Å²) in [6, 6.07) is 0. The molecule has 0 rings (SSSR count). The molecule has 3 heteroatoms. The molecule has 0 saturated heterocycles. The molecule has 0 heterocycles. The molecule has 4 N–H and O–H groups in total. The molecule has 0 aromatic rings. The average molecular weight is 146 g/mol. The Labute approximate surface area is 62.7 Å². The lowest BCUT2D eigenvalue weighted by Gasteiger charge is -2.14. The highest BCUT2D eigenvalue weighted by atomic mass is 16.5. The lowest BCUT2D eigenvalue weighted by atomic mass is 10.3. The molecular weight excluding hydrogens is 128 g/mol. The third-order valence-corrected chi connectivity index (χ3v) is 1.14. The molecule has 0 bridgehead atoms. The van der Waals surface area contributed by atoms with Gasteiger partial charge in [-0.1, -0.05) is 0 Å². The van der Waals surface area contributed by atoms with Crippen LogP contribution in [0.25, 0.3) is 0 Å². The molecule has 0 saturated carbocycles. The Hall–Kier alpha value is -0.120. The standard InChI is InChI=1S/C7H18N2O/c1-6(2)10-7(9)4-3-5-8/h6-7H,3-5,8-9H2,1-2H3. The van der Waals surface area contributed by atoms with Crippen LogP contribution in [-0.4, -0.2) is 18.9 Å². The van der Waals surface area contributed by atoms with Gasteiger partial charge in [-0.15, -0.1) is 0 Å². The van der Waals surface area contributed by atoms with E-state index in [0.717, 1.165) is 12.8 Å². The van der Waals surface area contributed by atoms with Gasteiger partial charge in [0.25, 0.3) is 0 Å². The van der Waals surface area contributed by atoms with E-state index in [0.29, 0.717) is 6.54 Å². The summed E-state index contributed by atoms with van der Waals surface area (Å²) in [6.07, 6.45) is 1.87. The van der Waals surface area contributed by atoms with Crippen molar-refractivity contribution in [3.63, 3.8) is 0 Å². The second-order valence-electron chi connectivity index (χ2n) is 2.65. The zero-order chi connectivity index (χ0) is 7.98. The van der Waals surface area contributed by atoms with Crippen molar-refractivity contribution >= 4 is 0 Å². The fourth-order valence-electron chi connectivity index (χ4n) is 0.737. The first-order valence-corrected chi connectivity index (χ1v) is 3.78. The molecule has 0 aromatic heterocycles. The van der Waals surface area contributed by atoms with Crippen molar-refractivity contribution in [2.24, 2.45) is 11.5 Å². The number of nitrogens with two attached hydrogens (primary N) is 2. The van der Waals surface area contributed by atoms with E-state index in [1.807, 2.05) is 13.8 Å². The molecule has 0 fully saturated rings. The SMILES string of the molecule is CC(C)OC(N)CCCN. The third kappa shape index (κ3) is 6.01. The van der Waals surface area contributed by atoms with Gasteiger partial charge < -0.3 is 16.2 Å². The Bertz CT molecular complexity index is 76.0. The highest BCUT2D eigenvalue weighted by Crippen LogP contribution is 1.98. The van der Waals surface area contributed by atoms with Gasteiger partial charge in [-0.3, -0.25) is 0 Å². The summed E-state index contributed by atoms with van der Waals surface area (Å²) in [5.74, 6) is 0. The van der Waals surface area contributed by atoms with Crippen LogP contribution in [0.15, 0.2) is 0 Å². The summed E-state index contributed by atoms with van der Waals surface area (Å²) in [7, 11) is 0. The second kappa shape index (κ2) is 5.65. The van der Waals surface area contributed by atoms with Crippen molar-refractivity contribution in [2.75, 3.05) is 6.54 Å². The van der Waals surface area contributed by atoms with E-state index in [-0.39, 0.29) is 12.3 Å². The smallest absolute Gasteiger partial charge is 0.106 e. The second-order valence-corrected chi connectivity index (χ2v) is 2.65. The molecule has 0 radical (unpaired) electrons. The molecule has 0 aliphatic carbocycles. The number of hydrogen-bond donors (Lipinski definition) is 2. The maximum absolute atomic E-state index is 5.58. The molecule has 0 aromatic carbocycles. The van der Waals surface area contributed by atoms with Crippen LogP contribution in [0.2, 0.25) is 0 Å². The first kappa shape index (κ1) is 9.88. The van der Waals surface area contributed by atoms with Gasteiger partial charge >= 0.3 is 0 Å². The van der Waals surface area contributed by atoms with Crippen LogP contribution in [0.1, 0.15) is 26.7 Å².